The number of para-hydroxylation sites is 1. The molecule has 2 aromatic carbocycles. The second kappa shape index (κ2) is 8.04. The maximum absolute atomic E-state index is 12.7. The maximum atomic E-state index is 12.7. The van der Waals surface area contributed by atoms with E-state index in [1.165, 1.54) is 4.90 Å². The first kappa shape index (κ1) is 18.0. The third kappa shape index (κ3) is 4.23. The van der Waals surface area contributed by atoms with Crippen molar-refractivity contribution in [3.05, 3.63) is 65.7 Å². The van der Waals surface area contributed by atoms with Gasteiger partial charge in [-0.1, -0.05) is 48.5 Å². The summed E-state index contributed by atoms with van der Waals surface area (Å²) in [6.45, 7) is 4.09. The number of rotatable bonds is 4. The van der Waals surface area contributed by atoms with Crippen LogP contribution in [0.3, 0.4) is 0 Å². The molecular formula is C21H23NO4. The van der Waals surface area contributed by atoms with Crippen molar-refractivity contribution >= 4 is 17.7 Å². The Morgan fingerprint density at radius 3 is 2.50 bits per heavy atom. The molecule has 0 N–H and O–H groups in total. The number of benzene rings is 2. The van der Waals surface area contributed by atoms with E-state index in [4.69, 9.17) is 9.47 Å². The van der Waals surface area contributed by atoms with Crippen molar-refractivity contribution < 1.29 is 19.1 Å². The van der Waals surface area contributed by atoms with Gasteiger partial charge in [0.2, 0.25) is 0 Å². The Bertz CT molecular complexity index is 773. The van der Waals surface area contributed by atoms with Crippen LogP contribution in [-0.2, 0) is 27.3 Å². The number of hydrogen-bond acceptors (Lipinski definition) is 4. The van der Waals surface area contributed by atoms with Gasteiger partial charge in [-0.25, -0.2) is 4.79 Å². The lowest BCUT2D eigenvalue weighted by molar-refractivity contribution is -0.152. The van der Waals surface area contributed by atoms with E-state index >= 15 is 0 Å². The van der Waals surface area contributed by atoms with Gasteiger partial charge in [-0.05, 0) is 37.5 Å². The number of amides is 1. The van der Waals surface area contributed by atoms with E-state index in [0.717, 1.165) is 16.8 Å². The van der Waals surface area contributed by atoms with Crippen molar-refractivity contribution in [1.29, 1.82) is 0 Å². The summed E-state index contributed by atoms with van der Waals surface area (Å²) in [4.78, 5) is 26.6. The molecule has 0 bridgehead atoms. The molecule has 5 heteroatoms. The lowest BCUT2D eigenvalue weighted by Crippen LogP contribution is -2.43. The summed E-state index contributed by atoms with van der Waals surface area (Å²) in [6.07, 6.45) is -0.0778. The van der Waals surface area contributed by atoms with Gasteiger partial charge in [0, 0.05) is 6.54 Å². The van der Waals surface area contributed by atoms with Gasteiger partial charge in [0.1, 0.15) is 6.61 Å². The molecule has 2 aromatic rings. The fourth-order valence-electron chi connectivity index (χ4n) is 3.05. The summed E-state index contributed by atoms with van der Waals surface area (Å²) < 4.78 is 10.8. The molecule has 0 radical (unpaired) electrons. The van der Waals surface area contributed by atoms with Crippen molar-refractivity contribution in [2.24, 2.45) is 5.92 Å². The van der Waals surface area contributed by atoms with Gasteiger partial charge in [0.15, 0.2) is 0 Å². The average Bonchev–Trinajstić information content (AvgIpc) is 2.65. The maximum Gasteiger partial charge on any atom is 0.414 e. The standard InChI is InChI=1S/C21H23NO4/c1-15(2)26-20(23)18-12-17-10-6-7-11-19(17)22(13-18)21(24)25-14-16-8-4-3-5-9-16/h3-11,15,18H,12-14H2,1-2H3. The highest BCUT2D eigenvalue weighted by atomic mass is 16.6. The normalized spacial score (nSPS) is 16.1. The minimum Gasteiger partial charge on any atom is -0.463 e. The Morgan fingerprint density at radius 1 is 1.08 bits per heavy atom. The van der Waals surface area contributed by atoms with Crippen molar-refractivity contribution in [1.82, 2.24) is 0 Å². The van der Waals surface area contributed by atoms with E-state index in [9.17, 15) is 9.59 Å². The van der Waals surface area contributed by atoms with Gasteiger partial charge < -0.3 is 9.47 Å². The first-order valence-electron chi connectivity index (χ1n) is 8.81. The molecule has 5 nitrogen and oxygen atoms in total. The number of carbonyl (C=O) groups excluding carboxylic acids is 2. The van der Waals surface area contributed by atoms with Gasteiger partial charge in [-0.2, -0.15) is 0 Å². The van der Waals surface area contributed by atoms with E-state index in [1.807, 2.05) is 68.4 Å². The number of nitrogens with zero attached hydrogens (tertiary/aromatic N) is 1. The van der Waals surface area contributed by atoms with Crippen LogP contribution < -0.4 is 4.90 Å². The summed E-state index contributed by atoms with van der Waals surface area (Å²) in [5.74, 6) is -0.674. The zero-order chi connectivity index (χ0) is 18.5. The Kier molecular flexibility index (Phi) is 5.56. The Morgan fingerprint density at radius 2 is 1.77 bits per heavy atom. The van der Waals surface area contributed by atoms with E-state index in [1.54, 1.807) is 0 Å². The van der Waals surface area contributed by atoms with E-state index < -0.39 is 12.0 Å². The largest absolute Gasteiger partial charge is 0.463 e. The Balaban J connectivity index is 1.75. The third-order valence-electron chi connectivity index (χ3n) is 4.26. The topological polar surface area (TPSA) is 55.8 Å². The van der Waals surface area contributed by atoms with E-state index in [-0.39, 0.29) is 25.2 Å². The molecule has 0 aliphatic carbocycles. The predicted octanol–water partition coefficient (Wildman–Crippen LogP) is 3.95. The minimum absolute atomic E-state index is 0.182. The number of fused-ring (bicyclic) bond motifs is 1. The highest BCUT2D eigenvalue weighted by Gasteiger charge is 2.34. The first-order valence-corrected chi connectivity index (χ1v) is 8.81. The molecule has 0 fully saturated rings. The minimum atomic E-state index is -0.455. The molecule has 0 saturated carbocycles. The molecule has 1 aliphatic rings. The summed E-state index contributed by atoms with van der Waals surface area (Å²) in [7, 11) is 0. The van der Waals surface area contributed by atoms with Gasteiger partial charge in [0.25, 0.3) is 0 Å². The van der Waals surface area contributed by atoms with Gasteiger partial charge in [0.05, 0.1) is 17.7 Å². The number of esters is 1. The number of ether oxygens (including phenoxy) is 2. The summed E-state index contributed by atoms with van der Waals surface area (Å²) in [5, 5.41) is 0. The van der Waals surface area contributed by atoms with E-state index in [2.05, 4.69) is 0 Å². The average molecular weight is 353 g/mol. The van der Waals surface area contributed by atoms with Crippen LogP contribution in [0, 0.1) is 5.92 Å². The quantitative estimate of drug-likeness (QED) is 0.781. The molecular weight excluding hydrogens is 330 g/mol. The second-order valence-electron chi connectivity index (χ2n) is 6.67. The number of anilines is 1. The fraction of sp³-hybridized carbons (Fsp3) is 0.333. The van der Waals surface area contributed by atoms with Crippen LogP contribution in [0.25, 0.3) is 0 Å². The van der Waals surface area contributed by atoms with Crippen molar-refractivity contribution in [2.45, 2.75) is 33.0 Å². The molecule has 1 aliphatic heterocycles. The van der Waals surface area contributed by atoms with Crippen LogP contribution in [0.5, 0.6) is 0 Å². The van der Waals surface area contributed by atoms with Gasteiger partial charge >= 0.3 is 12.1 Å². The molecule has 26 heavy (non-hydrogen) atoms. The summed E-state index contributed by atoms with van der Waals surface area (Å²) in [6, 6.07) is 17.1. The van der Waals surface area contributed by atoms with Crippen molar-refractivity contribution in [2.75, 3.05) is 11.4 Å². The van der Waals surface area contributed by atoms with Crippen LogP contribution in [0.15, 0.2) is 54.6 Å². The predicted molar refractivity (Wildman–Crippen MR) is 98.8 cm³/mol. The van der Waals surface area contributed by atoms with Crippen LogP contribution >= 0.6 is 0 Å². The van der Waals surface area contributed by atoms with Crippen molar-refractivity contribution in [3.63, 3.8) is 0 Å². The van der Waals surface area contributed by atoms with Crippen molar-refractivity contribution in [3.8, 4) is 0 Å². The van der Waals surface area contributed by atoms with Gasteiger partial charge in [-0.3, -0.25) is 9.69 Å². The summed E-state index contributed by atoms with van der Waals surface area (Å²) >= 11 is 0. The molecule has 0 aromatic heterocycles. The zero-order valence-electron chi connectivity index (χ0n) is 15.1. The summed E-state index contributed by atoms with van der Waals surface area (Å²) in [5.41, 5.74) is 2.65. The SMILES string of the molecule is CC(C)OC(=O)C1Cc2ccccc2N(C(=O)OCc2ccccc2)C1. The Labute approximate surface area is 153 Å². The van der Waals surface area contributed by atoms with Crippen LogP contribution in [0.4, 0.5) is 10.5 Å². The molecule has 136 valence electrons. The molecule has 0 spiro atoms. The first-order chi connectivity index (χ1) is 12.5. The lowest BCUT2D eigenvalue weighted by Gasteiger charge is -2.33. The monoisotopic (exact) mass is 353 g/mol. The Hall–Kier alpha value is -2.82. The lowest BCUT2D eigenvalue weighted by atomic mass is 9.93. The van der Waals surface area contributed by atoms with Crippen LogP contribution in [0.2, 0.25) is 0 Å². The fourth-order valence-corrected chi connectivity index (χ4v) is 3.05. The smallest absolute Gasteiger partial charge is 0.414 e. The zero-order valence-corrected chi connectivity index (χ0v) is 15.1. The molecule has 1 heterocycles. The molecule has 0 saturated heterocycles. The highest BCUT2D eigenvalue weighted by molar-refractivity contribution is 5.91. The van der Waals surface area contributed by atoms with E-state index in [0.29, 0.717) is 6.42 Å². The van der Waals surface area contributed by atoms with Gasteiger partial charge in [-0.15, -0.1) is 0 Å². The molecule has 3 rings (SSSR count). The number of hydrogen-bond donors (Lipinski definition) is 0. The number of carbonyl (C=O) groups is 2. The molecule has 1 atom stereocenters. The second-order valence-corrected chi connectivity index (χ2v) is 6.67. The molecule has 1 unspecified atom stereocenters. The highest BCUT2D eigenvalue weighted by Crippen LogP contribution is 2.31. The molecule has 1 amide bonds. The van der Waals surface area contributed by atoms with Crippen LogP contribution in [0.1, 0.15) is 25.0 Å². The van der Waals surface area contributed by atoms with Crippen LogP contribution in [-0.4, -0.2) is 24.7 Å². The third-order valence-corrected chi connectivity index (χ3v) is 4.26.